The van der Waals surface area contributed by atoms with Crippen LogP contribution in [0.1, 0.15) is 23.1 Å². The van der Waals surface area contributed by atoms with Crippen molar-refractivity contribution in [3.63, 3.8) is 0 Å². The number of methoxy groups -OCH3 is 1. The van der Waals surface area contributed by atoms with Gasteiger partial charge in [-0.05, 0) is 31.2 Å². The van der Waals surface area contributed by atoms with Gasteiger partial charge in [0.15, 0.2) is 12.0 Å². The summed E-state index contributed by atoms with van der Waals surface area (Å²) in [5.74, 6) is 0.787. The first-order valence-electron chi connectivity index (χ1n) is 5.92. The van der Waals surface area contributed by atoms with E-state index in [0.29, 0.717) is 18.6 Å². The molecule has 19 heavy (non-hydrogen) atoms. The lowest BCUT2D eigenvalue weighted by Crippen LogP contribution is -2.05. The molecule has 0 unspecified atom stereocenters. The van der Waals surface area contributed by atoms with E-state index in [0.717, 1.165) is 11.4 Å². The molecule has 0 radical (unpaired) electrons. The van der Waals surface area contributed by atoms with Crippen molar-refractivity contribution in [3.8, 4) is 11.4 Å². The van der Waals surface area contributed by atoms with Crippen LogP contribution in [0.25, 0.3) is 5.69 Å². The number of ether oxygens (including phenoxy) is 2. The van der Waals surface area contributed by atoms with E-state index in [2.05, 4.69) is 10.3 Å². The molecular weight excluding hydrogens is 246 g/mol. The monoisotopic (exact) mass is 261 g/mol. The summed E-state index contributed by atoms with van der Waals surface area (Å²) in [4.78, 5) is 10.9. The quantitative estimate of drug-likeness (QED) is 0.739. The molecule has 0 aliphatic carbocycles. The Labute approximate surface area is 110 Å². The van der Waals surface area contributed by atoms with Crippen molar-refractivity contribution in [1.82, 2.24) is 15.0 Å². The Balaban J connectivity index is 2.35. The van der Waals surface area contributed by atoms with E-state index >= 15 is 0 Å². The minimum Gasteiger partial charge on any atom is -0.494 e. The molecule has 0 fully saturated rings. The maximum absolute atomic E-state index is 10.9. The van der Waals surface area contributed by atoms with Crippen LogP contribution < -0.4 is 4.74 Å². The number of hydrogen-bond donors (Lipinski definition) is 0. The second kappa shape index (κ2) is 6.10. The third kappa shape index (κ3) is 2.79. The van der Waals surface area contributed by atoms with E-state index in [-0.39, 0.29) is 12.3 Å². The number of nitrogens with zero attached hydrogens (tertiary/aromatic N) is 3. The van der Waals surface area contributed by atoms with Crippen LogP contribution in [-0.4, -0.2) is 35.0 Å². The highest BCUT2D eigenvalue weighted by atomic mass is 16.5. The van der Waals surface area contributed by atoms with Crippen molar-refractivity contribution in [3.05, 3.63) is 35.7 Å². The predicted octanol–water partition coefficient (Wildman–Crippen LogP) is 1.62. The van der Waals surface area contributed by atoms with Gasteiger partial charge in [0.1, 0.15) is 11.4 Å². The number of aromatic nitrogens is 3. The summed E-state index contributed by atoms with van der Waals surface area (Å²) in [6.45, 7) is 2.82. The summed E-state index contributed by atoms with van der Waals surface area (Å²) in [5, 5.41) is 7.79. The fourth-order valence-corrected chi connectivity index (χ4v) is 1.73. The zero-order valence-electron chi connectivity index (χ0n) is 10.9. The molecule has 0 atom stereocenters. The van der Waals surface area contributed by atoms with Gasteiger partial charge in [-0.2, -0.15) is 0 Å². The molecular formula is C13H15N3O3. The van der Waals surface area contributed by atoms with Gasteiger partial charge in [-0.15, -0.1) is 5.10 Å². The normalized spacial score (nSPS) is 10.4. The zero-order chi connectivity index (χ0) is 13.7. The SMILES string of the molecule is CCOc1ccc(-n2nnc(C=O)c2COC)cc1. The highest BCUT2D eigenvalue weighted by Crippen LogP contribution is 2.17. The Morgan fingerprint density at radius 2 is 2.05 bits per heavy atom. The minimum absolute atomic E-state index is 0.272. The third-order valence-corrected chi connectivity index (χ3v) is 2.58. The number of carbonyl (C=O) groups excluding carboxylic acids is 1. The van der Waals surface area contributed by atoms with E-state index in [4.69, 9.17) is 9.47 Å². The van der Waals surface area contributed by atoms with Crippen LogP contribution in [0.4, 0.5) is 0 Å². The molecule has 6 heteroatoms. The smallest absolute Gasteiger partial charge is 0.172 e. The van der Waals surface area contributed by atoms with E-state index in [1.807, 2.05) is 31.2 Å². The van der Waals surface area contributed by atoms with Crippen molar-refractivity contribution in [2.24, 2.45) is 0 Å². The lowest BCUT2D eigenvalue weighted by atomic mass is 10.3. The van der Waals surface area contributed by atoms with Gasteiger partial charge in [0.2, 0.25) is 0 Å². The lowest BCUT2D eigenvalue weighted by Gasteiger charge is -2.07. The number of aldehydes is 1. The Morgan fingerprint density at radius 3 is 2.63 bits per heavy atom. The molecule has 0 saturated heterocycles. The van der Waals surface area contributed by atoms with E-state index in [1.165, 1.54) is 0 Å². The van der Waals surface area contributed by atoms with Crippen LogP contribution in [0.3, 0.4) is 0 Å². The van der Waals surface area contributed by atoms with Gasteiger partial charge in [-0.25, -0.2) is 4.68 Å². The number of benzene rings is 1. The van der Waals surface area contributed by atoms with Crippen LogP contribution in [0.5, 0.6) is 5.75 Å². The summed E-state index contributed by atoms with van der Waals surface area (Å²) in [6, 6.07) is 7.40. The molecule has 6 nitrogen and oxygen atoms in total. The van der Waals surface area contributed by atoms with Crippen LogP contribution in [0.2, 0.25) is 0 Å². The van der Waals surface area contributed by atoms with Gasteiger partial charge >= 0.3 is 0 Å². The van der Waals surface area contributed by atoms with E-state index < -0.39 is 0 Å². The number of rotatable bonds is 6. The van der Waals surface area contributed by atoms with Gasteiger partial charge < -0.3 is 9.47 Å². The van der Waals surface area contributed by atoms with Crippen LogP contribution in [0, 0.1) is 0 Å². The van der Waals surface area contributed by atoms with Crippen molar-refractivity contribution in [2.45, 2.75) is 13.5 Å². The van der Waals surface area contributed by atoms with E-state index in [1.54, 1.807) is 11.8 Å². The highest BCUT2D eigenvalue weighted by Gasteiger charge is 2.13. The largest absolute Gasteiger partial charge is 0.494 e. The molecule has 1 aromatic heterocycles. The minimum atomic E-state index is 0.272. The summed E-state index contributed by atoms with van der Waals surface area (Å²) in [5.41, 5.74) is 1.72. The topological polar surface area (TPSA) is 66.2 Å². The van der Waals surface area contributed by atoms with Gasteiger partial charge in [0.25, 0.3) is 0 Å². The number of hydrogen-bond acceptors (Lipinski definition) is 5. The maximum Gasteiger partial charge on any atom is 0.172 e. The van der Waals surface area contributed by atoms with Gasteiger partial charge in [-0.1, -0.05) is 5.21 Å². The Hall–Kier alpha value is -2.21. The van der Waals surface area contributed by atoms with Gasteiger partial charge in [0.05, 0.1) is 18.9 Å². The average Bonchev–Trinajstić information content (AvgIpc) is 2.83. The molecule has 0 aliphatic heterocycles. The zero-order valence-corrected chi connectivity index (χ0v) is 10.9. The summed E-state index contributed by atoms with van der Waals surface area (Å²) >= 11 is 0. The fourth-order valence-electron chi connectivity index (χ4n) is 1.73. The Bertz CT molecular complexity index is 549. The second-order valence-electron chi connectivity index (χ2n) is 3.81. The van der Waals surface area contributed by atoms with Crippen molar-refractivity contribution < 1.29 is 14.3 Å². The average molecular weight is 261 g/mol. The maximum atomic E-state index is 10.9. The van der Waals surface area contributed by atoms with Crippen LogP contribution in [-0.2, 0) is 11.3 Å². The third-order valence-electron chi connectivity index (χ3n) is 2.58. The first kappa shape index (κ1) is 13.2. The summed E-state index contributed by atoms with van der Waals surface area (Å²) in [6.07, 6.45) is 0.673. The predicted molar refractivity (Wildman–Crippen MR) is 68.6 cm³/mol. The molecule has 100 valence electrons. The molecule has 2 rings (SSSR count). The first-order valence-corrected chi connectivity index (χ1v) is 5.92. The molecule has 0 spiro atoms. The molecule has 2 aromatic rings. The fraction of sp³-hybridized carbons (Fsp3) is 0.308. The standard InChI is InChI=1S/C13H15N3O3/c1-3-19-11-6-4-10(5-7-11)16-13(9-18-2)12(8-17)14-15-16/h4-8H,3,9H2,1-2H3. The Morgan fingerprint density at radius 1 is 1.32 bits per heavy atom. The van der Waals surface area contributed by atoms with Crippen LogP contribution in [0.15, 0.2) is 24.3 Å². The molecule has 1 aromatic carbocycles. The van der Waals surface area contributed by atoms with Gasteiger partial charge in [0, 0.05) is 7.11 Å². The first-order chi connectivity index (χ1) is 9.30. The highest BCUT2D eigenvalue weighted by molar-refractivity contribution is 5.73. The molecule has 0 aliphatic rings. The molecule has 0 bridgehead atoms. The molecule has 0 amide bonds. The van der Waals surface area contributed by atoms with Gasteiger partial charge in [-0.3, -0.25) is 4.79 Å². The van der Waals surface area contributed by atoms with Crippen molar-refractivity contribution in [1.29, 1.82) is 0 Å². The summed E-state index contributed by atoms with van der Waals surface area (Å²) < 4.78 is 12.0. The van der Waals surface area contributed by atoms with Crippen molar-refractivity contribution in [2.75, 3.05) is 13.7 Å². The molecule has 0 N–H and O–H groups in total. The van der Waals surface area contributed by atoms with Crippen molar-refractivity contribution >= 4 is 6.29 Å². The Kier molecular flexibility index (Phi) is 4.25. The van der Waals surface area contributed by atoms with Crippen LogP contribution >= 0.6 is 0 Å². The number of carbonyl (C=O) groups is 1. The van der Waals surface area contributed by atoms with E-state index in [9.17, 15) is 4.79 Å². The molecule has 0 saturated carbocycles. The lowest BCUT2D eigenvalue weighted by molar-refractivity contribution is 0.111. The second-order valence-corrected chi connectivity index (χ2v) is 3.81. The molecule has 1 heterocycles. The summed E-state index contributed by atoms with van der Waals surface area (Å²) in [7, 11) is 1.56.